The van der Waals surface area contributed by atoms with Crippen molar-refractivity contribution in [3.05, 3.63) is 35.9 Å². The molecule has 0 aliphatic carbocycles. The maximum absolute atomic E-state index is 5.93. The summed E-state index contributed by atoms with van der Waals surface area (Å²) >= 11 is 2.02. The number of nitrogens with one attached hydrogen (secondary N) is 1. The SMILES string of the molecule is NCC1(NCc2ccccc2)CCCSC1. The Kier molecular flexibility index (Phi) is 4.27. The van der Waals surface area contributed by atoms with Gasteiger partial charge in [-0.2, -0.15) is 11.8 Å². The third kappa shape index (κ3) is 3.00. The van der Waals surface area contributed by atoms with E-state index in [2.05, 4.69) is 35.6 Å². The van der Waals surface area contributed by atoms with E-state index in [1.54, 1.807) is 0 Å². The van der Waals surface area contributed by atoms with E-state index in [0.29, 0.717) is 0 Å². The van der Waals surface area contributed by atoms with E-state index >= 15 is 0 Å². The zero-order chi connectivity index (χ0) is 11.3. The van der Waals surface area contributed by atoms with E-state index in [4.69, 9.17) is 5.73 Å². The summed E-state index contributed by atoms with van der Waals surface area (Å²) in [4.78, 5) is 0. The second kappa shape index (κ2) is 5.71. The van der Waals surface area contributed by atoms with Gasteiger partial charge in [0.25, 0.3) is 0 Å². The van der Waals surface area contributed by atoms with Crippen molar-refractivity contribution in [2.75, 3.05) is 18.1 Å². The molecule has 88 valence electrons. The molecule has 0 radical (unpaired) electrons. The highest BCUT2D eigenvalue weighted by Crippen LogP contribution is 2.26. The van der Waals surface area contributed by atoms with Gasteiger partial charge in [-0.05, 0) is 24.2 Å². The molecule has 2 nitrogen and oxygen atoms in total. The van der Waals surface area contributed by atoms with E-state index in [1.807, 2.05) is 11.8 Å². The lowest BCUT2D eigenvalue weighted by Crippen LogP contribution is -2.54. The van der Waals surface area contributed by atoms with Crippen LogP contribution in [0.3, 0.4) is 0 Å². The van der Waals surface area contributed by atoms with Crippen LogP contribution < -0.4 is 11.1 Å². The molecular weight excluding hydrogens is 216 g/mol. The minimum atomic E-state index is 0.165. The Hall–Kier alpha value is -0.510. The molecule has 1 saturated heterocycles. The molecule has 0 aromatic heterocycles. The second-order valence-electron chi connectivity index (χ2n) is 4.48. The first-order valence-electron chi connectivity index (χ1n) is 5.91. The first-order chi connectivity index (χ1) is 7.85. The third-order valence-electron chi connectivity index (χ3n) is 3.22. The van der Waals surface area contributed by atoms with Gasteiger partial charge in [-0.15, -0.1) is 0 Å². The average Bonchev–Trinajstić information content (AvgIpc) is 2.39. The van der Waals surface area contributed by atoms with Crippen LogP contribution in [0.1, 0.15) is 18.4 Å². The summed E-state index contributed by atoms with van der Waals surface area (Å²) in [5, 5.41) is 3.66. The van der Waals surface area contributed by atoms with Crippen LogP contribution in [0.15, 0.2) is 30.3 Å². The molecule has 0 saturated carbocycles. The van der Waals surface area contributed by atoms with Gasteiger partial charge in [0.15, 0.2) is 0 Å². The Balaban J connectivity index is 1.92. The summed E-state index contributed by atoms with van der Waals surface area (Å²) in [6.45, 7) is 1.67. The normalized spacial score (nSPS) is 25.6. The highest BCUT2D eigenvalue weighted by Gasteiger charge is 2.30. The smallest absolute Gasteiger partial charge is 0.0398 e. The summed E-state index contributed by atoms with van der Waals surface area (Å²) in [6.07, 6.45) is 2.49. The van der Waals surface area contributed by atoms with Crippen LogP contribution in [0.25, 0.3) is 0 Å². The van der Waals surface area contributed by atoms with Gasteiger partial charge in [-0.25, -0.2) is 0 Å². The number of benzene rings is 1. The van der Waals surface area contributed by atoms with Gasteiger partial charge in [0.2, 0.25) is 0 Å². The van der Waals surface area contributed by atoms with Crippen molar-refractivity contribution in [1.29, 1.82) is 0 Å². The molecule has 1 atom stereocenters. The molecule has 1 fully saturated rings. The van der Waals surface area contributed by atoms with Crippen LogP contribution in [0.2, 0.25) is 0 Å². The second-order valence-corrected chi connectivity index (χ2v) is 5.58. The average molecular weight is 236 g/mol. The van der Waals surface area contributed by atoms with Crippen molar-refractivity contribution in [1.82, 2.24) is 5.32 Å². The summed E-state index contributed by atoms with van der Waals surface area (Å²) < 4.78 is 0. The number of nitrogens with two attached hydrogens (primary N) is 1. The van der Waals surface area contributed by atoms with Gasteiger partial charge >= 0.3 is 0 Å². The van der Waals surface area contributed by atoms with Gasteiger partial charge in [0.05, 0.1) is 0 Å². The lowest BCUT2D eigenvalue weighted by atomic mass is 9.95. The predicted octanol–water partition coefficient (Wildman–Crippen LogP) is 2.00. The quantitative estimate of drug-likeness (QED) is 0.840. The molecule has 16 heavy (non-hydrogen) atoms. The lowest BCUT2D eigenvalue weighted by Gasteiger charge is -2.37. The molecule has 1 aliphatic rings. The Morgan fingerprint density at radius 1 is 1.31 bits per heavy atom. The van der Waals surface area contributed by atoms with Crippen LogP contribution in [0.4, 0.5) is 0 Å². The van der Waals surface area contributed by atoms with Crippen molar-refractivity contribution in [3.8, 4) is 0 Å². The van der Waals surface area contributed by atoms with Crippen LogP contribution in [0.5, 0.6) is 0 Å². The van der Waals surface area contributed by atoms with Crippen LogP contribution in [-0.4, -0.2) is 23.6 Å². The fourth-order valence-corrected chi connectivity index (χ4v) is 3.36. The molecule has 0 bridgehead atoms. The van der Waals surface area contributed by atoms with E-state index in [-0.39, 0.29) is 5.54 Å². The topological polar surface area (TPSA) is 38.0 Å². The monoisotopic (exact) mass is 236 g/mol. The molecule has 1 aromatic rings. The Morgan fingerprint density at radius 2 is 2.12 bits per heavy atom. The summed E-state index contributed by atoms with van der Waals surface area (Å²) in [6, 6.07) is 10.5. The van der Waals surface area contributed by atoms with Crippen LogP contribution in [-0.2, 0) is 6.54 Å². The third-order valence-corrected chi connectivity index (χ3v) is 4.56. The Labute approximate surface area is 102 Å². The molecule has 0 amide bonds. The molecule has 3 N–H and O–H groups in total. The number of thioether (sulfide) groups is 1. The standard InChI is InChI=1S/C13H20N2S/c14-10-13(7-4-8-16-11-13)15-9-12-5-2-1-3-6-12/h1-3,5-6,15H,4,7-11,14H2. The molecule has 0 spiro atoms. The largest absolute Gasteiger partial charge is 0.329 e. The predicted molar refractivity (Wildman–Crippen MR) is 71.6 cm³/mol. The zero-order valence-electron chi connectivity index (χ0n) is 9.61. The van der Waals surface area contributed by atoms with Gasteiger partial charge < -0.3 is 11.1 Å². The van der Waals surface area contributed by atoms with Crippen LogP contribution >= 0.6 is 11.8 Å². The fourth-order valence-electron chi connectivity index (χ4n) is 2.11. The maximum atomic E-state index is 5.93. The molecule has 1 unspecified atom stereocenters. The van der Waals surface area contributed by atoms with Crippen molar-refractivity contribution in [2.45, 2.75) is 24.9 Å². The van der Waals surface area contributed by atoms with Crippen LogP contribution in [0, 0.1) is 0 Å². The van der Waals surface area contributed by atoms with Gasteiger partial charge in [0.1, 0.15) is 0 Å². The van der Waals surface area contributed by atoms with E-state index in [1.165, 1.54) is 24.2 Å². The first kappa shape index (κ1) is 12.0. The zero-order valence-corrected chi connectivity index (χ0v) is 10.4. The van der Waals surface area contributed by atoms with E-state index in [0.717, 1.165) is 18.8 Å². The van der Waals surface area contributed by atoms with Gasteiger partial charge in [-0.3, -0.25) is 0 Å². The van der Waals surface area contributed by atoms with Gasteiger partial charge in [0, 0.05) is 24.4 Å². The van der Waals surface area contributed by atoms with Crippen molar-refractivity contribution in [2.24, 2.45) is 5.73 Å². The Morgan fingerprint density at radius 3 is 2.75 bits per heavy atom. The first-order valence-corrected chi connectivity index (χ1v) is 7.07. The summed E-state index contributed by atoms with van der Waals surface area (Å²) in [5.74, 6) is 2.44. The minimum absolute atomic E-state index is 0.165. The number of hydrogen-bond acceptors (Lipinski definition) is 3. The highest BCUT2D eigenvalue weighted by molar-refractivity contribution is 7.99. The molecule has 3 heteroatoms. The van der Waals surface area contributed by atoms with E-state index < -0.39 is 0 Å². The summed E-state index contributed by atoms with van der Waals surface area (Å²) in [5.41, 5.74) is 7.43. The lowest BCUT2D eigenvalue weighted by molar-refractivity contribution is 0.335. The number of rotatable bonds is 4. The molecular formula is C13H20N2S. The van der Waals surface area contributed by atoms with E-state index in [9.17, 15) is 0 Å². The molecule has 1 heterocycles. The molecule has 2 rings (SSSR count). The molecule has 1 aliphatic heterocycles. The van der Waals surface area contributed by atoms with Gasteiger partial charge in [-0.1, -0.05) is 30.3 Å². The van der Waals surface area contributed by atoms with Crippen molar-refractivity contribution < 1.29 is 0 Å². The highest BCUT2D eigenvalue weighted by atomic mass is 32.2. The Bertz CT molecular complexity index is 307. The fraction of sp³-hybridized carbons (Fsp3) is 0.538. The number of hydrogen-bond donors (Lipinski definition) is 2. The summed E-state index contributed by atoms with van der Waals surface area (Å²) in [7, 11) is 0. The van der Waals surface area contributed by atoms with Crippen molar-refractivity contribution in [3.63, 3.8) is 0 Å². The van der Waals surface area contributed by atoms with Crippen molar-refractivity contribution >= 4 is 11.8 Å². The molecule has 1 aromatic carbocycles. The maximum Gasteiger partial charge on any atom is 0.0398 e. The minimum Gasteiger partial charge on any atom is -0.329 e.